The number of carbonyl (C=O) groups is 1. The Labute approximate surface area is 120 Å². The summed E-state index contributed by atoms with van der Waals surface area (Å²) in [6, 6.07) is 2.18. The van der Waals surface area contributed by atoms with Crippen LogP contribution in [0.3, 0.4) is 0 Å². The smallest absolute Gasteiger partial charge is 0.265 e. The molecule has 96 valence electrons. The van der Waals surface area contributed by atoms with Gasteiger partial charge in [0.2, 0.25) is 0 Å². The molecule has 0 radical (unpaired) electrons. The van der Waals surface area contributed by atoms with Gasteiger partial charge in [-0.1, -0.05) is 13.8 Å². The number of rotatable bonds is 6. The van der Waals surface area contributed by atoms with Crippen molar-refractivity contribution in [3.63, 3.8) is 0 Å². The van der Waals surface area contributed by atoms with Gasteiger partial charge in [-0.3, -0.25) is 4.79 Å². The first-order valence-corrected chi connectivity index (χ1v) is 7.96. The summed E-state index contributed by atoms with van der Waals surface area (Å²) in [5.74, 6) is 0.562. The lowest BCUT2D eigenvalue weighted by atomic mass is 10.1. The predicted molar refractivity (Wildman–Crippen MR) is 78.1 cm³/mol. The molecule has 0 aliphatic rings. The third-order valence-electron chi connectivity index (χ3n) is 2.78. The van der Waals surface area contributed by atoms with Crippen molar-refractivity contribution in [2.24, 2.45) is 0 Å². The summed E-state index contributed by atoms with van der Waals surface area (Å²) < 4.78 is 0.873. The highest BCUT2D eigenvalue weighted by atomic mass is 79.9. The molecule has 0 fully saturated rings. The Balaban J connectivity index is 2.91. The second kappa shape index (κ2) is 7.39. The second-order valence-corrected chi connectivity index (χ2v) is 5.90. The van der Waals surface area contributed by atoms with Gasteiger partial charge in [-0.25, -0.2) is 0 Å². The molecule has 0 atom stereocenters. The minimum atomic E-state index is 0.0845. The van der Waals surface area contributed by atoms with Crippen LogP contribution in [0.1, 0.15) is 36.4 Å². The Morgan fingerprint density at radius 1 is 1.53 bits per heavy atom. The molecule has 5 heteroatoms. The average Bonchev–Trinajstić information content (AvgIpc) is 2.75. The van der Waals surface area contributed by atoms with Crippen molar-refractivity contribution < 1.29 is 4.79 Å². The van der Waals surface area contributed by atoms with E-state index in [9.17, 15) is 4.79 Å². The topological polar surface area (TPSA) is 20.3 Å². The van der Waals surface area contributed by atoms with Crippen molar-refractivity contribution in [2.75, 3.05) is 12.4 Å². The number of carbonyl (C=O) groups excluding carboxylic acids is 1. The first-order valence-electron chi connectivity index (χ1n) is 5.75. The third-order valence-corrected chi connectivity index (χ3v) is 4.78. The van der Waals surface area contributed by atoms with E-state index in [2.05, 4.69) is 29.8 Å². The Morgan fingerprint density at radius 3 is 2.59 bits per heavy atom. The van der Waals surface area contributed by atoms with Crippen LogP contribution in [0.15, 0.2) is 15.9 Å². The zero-order valence-corrected chi connectivity index (χ0v) is 13.2. The van der Waals surface area contributed by atoms with Crippen LogP contribution >= 0.6 is 38.9 Å². The number of thiophene rings is 1. The van der Waals surface area contributed by atoms with E-state index in [1.807, 2.05) is 16.3 Å². The van der Waals surface area contributed by atoms with Crippen molar-refractivity contribution in [1.29, 1.82) is 0 Å². The highest BCUT2D eigenvalue weighted by molar-refractivity contribution is 9.10. The molecular formula is C12H17BrClNOS. The summed E-state index contributed by atoms with van der Waals surface area (Å²) in [5, 5.41) is 1.92. The Kier molecular flexibility index (Phi) is 6.52. The number of hydrogen-bond acceptors (Lipinski definition) is 2. The standard InChI is InChI=1S/C12H17BrClNOS/c1-3-9(4-2)15(7-6-14)12(16)11-10(13)5-8-17-11/h5,8-9H,3-4,6-7H2,1-2H3. The maximum atomic E-state index is 12.4. The quantitative estimate of drug-likeness (QED) is 0.705. The Bertz CT molecular complexity index is 365. The summed E-state index contributed by atoms with van der Waals surface area (Å²) in [6.45, 7) is 4.81. The SMILES string of the molecule is CCC(CC)N(CCCl)C(=O)c1sccc1Br. The van der Waals surface area contributed by atoms with Gasteiger partial charge in [0.25, 0.3) is 5.91 Å². The normalized spacial score (nSPS) is 10.9. The van der Waals surface area contributed by atoms with Crippen LogP contribution in [0.4, 0.5) is 0 Å². The van der Waals surface area contributed by atoms with Gasteiger partial charge in [0.05, 0.1) is 0 Å². The lowest BCUT2D eigenvalue weighted by Gasteiger charge is -2.29. The number of amides is 1. The van der Waals surface area contributed by atoms with Crippen molar-refractivity contribution in [2.45, 2.75) is 32.7 Å². The lowest BCUT2D eigenvalue weighted by molar-refractivity contribution is 0.0686. The monoisotopic (exact) mass is 337 g/mol. The van der Waals surface area contributed by atoms with E-state index >= 15 is 0 Å². The van der Waals surface area contributed by atoms with Gasteiger partial charge in [0.15, 0.2) is 0 Å². The van der Waals surface area contributed by atoms with E-state index in [1.54, 1.807) is 0 Å². The minimum absolute atomic E-state index is 0.0845. The molecule has 0 aliphatic heterocycles. The molecule has 0 N–H and O–H groups in total. The van der Waals surface area contributed by atoms with Crippen LogP contribution < -0.4 is 0 Å². The van der Waals surface area contributed by atoms with Crippen LogP contribution in [-0.4, -0.2) is 29.3 Å². The second-order valence-electron chi connectivity index (χ2n) is 3.76. The van der Waals surface area contributed by atoms with E-state index in [1.165, 1.54) is 11.3 Å². The molecule has 1 aromatic rings. The van der Waals surface area contributed by atoms with Crippen LogP contribution in [-0.2, 0) is 0 Å². The molecule has 0 spiro atoms. The molecule has 0 bridgehead atoms. The van der Waals surface area contributed by atoms with E-state index in [4.69, 9.17) is 11.6 Å². The molecule has 0 saturated carbocycles. The number of alkyl halides is 1. The van der Waals surface area contributed by atoms with Gasteiger partial charge in [-0.05, 0) is 40.2 Å². The first kappa shape index (κ1) is 15.0. The van der Waals surface area contributed by atoms with Gasteiger partial charge in [0, 0.05) is 22.9 Å². The van der Waals surface area contributed by atoms with E-state index in [0.717, 1.165) is 22.2 Å². The minimum Gasteiger partial charge on any atom is -0.334 e. The summed E-state index contributed by atoms with van der Waals surface area (Å²) in [7, 11) is 0. The molecule has 1 rings (SSSR count). The van der Waals surface area contributed by atoms with E-state index < -0.39 is 0 Å². The molecule has 0 unspecified atom stereocenters. The fourth-order valence-corrected chi connectivity index (χ4v) is 3.53. The number of nitrogens with zero attached hydrogens (tertiary/aromatic N) is 1. The Morgan fingerprint density at radius 2 is 2.18 bits per heavy atom. The number of hydrogen-bond donors (Lipinski definition) is 0. The Hall–Kier alpha value is -0.0600. The maximum Gasteiger partial charge on any atom is 0.265 e. The molecule has 0 saturated heterocycles. The number of halogens is 2. The third kappa shape index (κ3) is 3.70. The summed E-state index contributed by atoms with van der Waals surface area (Å²) in [4.78, 5) is 15.1. The summed E-state index contributed by atoms with van der Waals surface area (Å²) in [6.07, 6.45) is 1.92. The van der Waals surface area contributed by atoms with E-state index in [0.29, 0.717) is 12.4 Å². The van der Waals surface area contributed by atoms with Crippen molar-refractivity contribution >= 4 is 44.8 Å². The van der Waals surface area contributed by atoms with Crippen LogP contribution in [0.2, 0.25) is 0 Å². The lowest BCUT2D eigenvalue weighted by Crippen LogP contribution is -2.40. The van der Waals surface area contributed by atoms with Crippen molar-refractivity contribution in [3.8, 4) is 0 Å². The maximum absolute atomic E-state index is 12.4. The van der Waals surface area contributed by atoms with Gasteiger partial charge in [-0.15, -0.1) is 22.9 Å². The highest BCUT2D eigenvalue weighted by Crippen LogP contribution is 2.25. The largest absolute Gasteiger partial charge is 0.334 e. The summed E-state index contributed by atoms with van der Waals surface area (Å²) >= 11 is 10.7. The zero-order chi connectivity index (χ0) is 12.8. The van der Waals surface area contributed by atoms with Crippen LogP contribution in [0.5, 0.6) is 0 Å². The molecule has 2 nitrogen and oxygen atoms in total. The zero-order valence-electron chi connectivity index (χ0n) is 10.1. The molecule has 1 heterocycles. The van der Waals surface area contributed by atoms with Gasteiger partial charge < -0.3 is 4.90 Å². The van der Waals surface area contributed by atoms with Crippen molar-refractivity contribution in [3.05, 3.63) is 20.8 Å². The summed E-state index contributed by atoms with van der Waals surface area (Å²) in [5.41, 5.74) is 0. The molecule has 0 aliphatic carbocycles. The van der Waals surface area contributed by atoms with Gasteiger partial charge in [-0.2, -0.15) is 0 Å². The molecule has 1 aromatic heterocycles. The molecular weight excluding hydrogens is 322 g/mol. The fourth-order valence-electron chi connectivity index (χ4n) is 1.85. The van der Waals surface area contributed by atoms with Gasteiger partial charge >= 0.3 is 0 Å². The van der Waals surface area contributed by atoms with Crippen LogP contribution in [0, 0.1) is 0 Å². The van der Waals surface area contributed by atoms with Crippen LogP contribution in [0.25, 0.3) is 0 Å². The van der Waals surface area contributed by atoms with Gasteiger partial charge in [0.1, 0.15) is 4.88 Å². The average molecular weight is 339 g/mol. The molecule has 0 aromatic carbocycles. The molecule has 1 amide bonds. The first-order chi connectivity index (χ1) is 8.15. The molecule has 17 heavy (non-hydrogen) atoms. The fraction of sp³-hybridized carbons (Fsp3) is 0.583. The highest BCUT2D eigenvalue weighted by Gasteiger charge is 2.24. The van der Waals surface area contributed by atoms with Crippen molar-refractivity contribution in [1.82, 2.24) is 4.90 Å². The van der Waals surface area contributed by atoms with E-state index in [-0.39, 0.29) is 11.9 Å². The predicted octanol–water partition coefficient (Wildman–Crippen LogP) is 4.38.